The summed E-state index contributed by atoms with van der Waals surface area (Å²) in [5, 5.41) is 20.9. The Morgan fingerprint density at radius 2 is 2.14 bits per heavy atom. The Bertz CT molecular complexity index is 1380. The first-order valence-electron chi connectivity index (χ1n) is 11.0. The van der Waals surface area contributed by atoms with Crippen LogP contribution in [0.25, 0.3) is 10.4 Å². The van der Waals surface area contributed by atoms with Gasteiger partial charge in [0, 0.05) is 23.4 Å². The number of aliphatic hydroxyl groups excluding tert-OH is 1. The van der Waals surface area contributed by atoms with E-state index in [4.69, 9.17) is 5.73 Å². The quantitative estimate of drug-likeness (QED) is 0.232. The average molecular weight is 515 g/mol. The first kappa shape index (κ1) is 23.5. The van der Waals surface area contributed by atoms with Crippen LogP contribution in [0.15, 0.2) is 47.6 Å². The molecule has 1 fully saturated rings. The number of hydrogen-bond donors (Lipinski definition) is 3. The van der Waals surface area contributed by atoms with Crippen molar-refractivity contribution < 1.29 is 29.2 Å². The number of primary amides is 1. The Balaban J connectivity index is 1.56. The third-order valence-corrected chi connectivity index (χ3v) is 8.87. The van der Waals surface area contributed by atoms with Crippen LogP contribution >= 0.6 is 23.1 Å². The van der Waals surface area contributed by atoms with Crippen LogP contribution in [0.3, 0.4) is 0 Å². The number of nitrogens with two attached hydrogens (primary N) is 1. The molecule has 0 bridgehead atoms. The number of pyridine rings is 1. The molecule has 35 heavy (non-hydrogen) atoms. The average Bonchev–Trinajstić information content (AvgIpc) is 3.40. The predicted octanol–water partition coefficient (Wildman–Crippen LogP) is 1.11. The number of fused-ring (bicyclic) bond motifs is 2. The largest absolute Gasteiger partial charge is 0.477 e. The second kappa shape index (κ2) is 8.77. The van der Waals surface area contributed by atoms with Gasteiger partial charge in [0.2, 0.25) is 15.8 Å². The van der Waals surface area contributed by atoms with E-state index < -0.39 is 23.9 Å². The molecule has 0 saturated carbocycles. The van der Waals surface area contributed by atoms with E-state index in [0.717, 1.165) is 20.4 Å². The topological polar surface area (TPSA) is 142 Å². The number of imidazole rings is 1. The molecule has 1 saturated heterocycles. The number of carbonyl (C=O) groups is 3. The number of carboxylic acids is 1. The van der Waals surface area contributed by atoms with Gasteiger partial charge in [-0.3, -0.25) is 14.6 Å². The molecule has 12 heteroatoms. The van der Waals surface area contributed by atoms with E-state index in [-0.39, 0.29) is 30.1 Å². The molecule has 0 aliphatic carbocycles. The number of carboxylic acid groups (broad SMARTS) is 1. The Morgan fingerprint density at radius 1 is 1.37 bits per heavy atom. The summed E-state index contributed by atoms with van der Waals surface area (Å²) < 4.78 is 3.63. The Kier molecular flexibility index (Phi) is 5.90. The van der Waals surface area contributed by atoms with Gasteiger partial charge in [0.05, 0.1) is 28.6 Å². The molecule has 5 rings (SSSR count). The van der Waals surface area contributed by atoms with Gasteiger partial charge in [0.1, 0.15) is 11.9 Å². The highest BCUT2D eigenvalue weighted by atomic mass is 32.2. The zero-order valence-corrected chi connectivity index (χ0v) is 20.6. The molecule has 4 N–H and O–H groups in total. The fraction of sp³-hybridized carbons (Fsp3) is 0.348. The van der Waals surface area contributed by atoms with Gasteiger partial charge < -0.3 is 20.8 Å². The van der Waals surface area contributed by atoms with E-state index in [9.17, 15) is 24.6 Å². The van der Waals surface area contributed by atoms with Crippen LogP contribution in [0.4, 0.5) is 0 Å². The number of β-lactam (4-membered cyclic amide) rings is 1. The molecule has 10 nitrogen and oxygen atoms in total. The lowest BCUT2D eigenvalue weighted by Crippen LogP contribution is -2.63. The molecular formula is C23H24N5O5S2+. The van der Waals surface area contributed by atoms with Gasteiger partial charge in [-0.05, 0) is 19.1 Å². The maximum Gasteiger partial charge on any atom is 0.352 e. The lowest BCUT2D eigenvalue weighted by Gasteiger charge is -2.46. The third kappa shape index (κ3) is 3.81. The fourth-order valence-corrected chi connectivity index (χ4v) is 7.44. The fourth-order valence-electron chi connectivity index (χ4n) is 5.00. The van der Waals surface area contributed by atoms with Gasteiger partial charge in [-0.25, -0.2) is 9.36 Å². The van der Waals surface area contributed by atoms with Crippen molar-refractivity contribution in [1.29, 1.82) is 0 Å². The number of thioether (sulfide) groups is 1. The van der Waals surface area contributed by atoms with E-state index in [1.54, 1.807) is 24.0 Å². The van der Waals surface area contributed by atoms with Crippen LogP contribution in [-0.2, 0) is 26.7 Å². The number of carbonyl (C=O) groups excluding carboxylic acids is 2. The first-order chi connectivity index (χ1) is 16.7. The monoisotopic (exact) mass is 514 g/mol. The van der Waals surface area contributed by atoms with Crippen molar-refractivity contribution in [2.24, 2.45) is 17.6 Å². The minimum atomic E-state index is -1.17. The van der Waals surface area contributed by atoms with Crippen LogP contribution in [0.1, 0.15) is 24.4 Å². The molecule has 3 aromatic rings. The minimum Gasteiger partial charge on any atom is -0.477 e. The van der Waals surface area contributed by atoms with Crippen LogP contribution in [0, 0.1) is 11.8 Å². The lowest BCUT2D eigenvalue weighted by molar-refractivity contribution is -0.717. The third-order valence-electron chi connectivity index (χ3n) is 6.45. The maximum absolute atomic E-state index is 12.7. The van der Waals surface area contributed by atoms with Gasteiger partial charge in [0.15, 0.2) is 6.54 Å². The molecule has 5 heterocycles. The van der Waals surface area contributed by atoms with Gasteiger partial charge in [-0.15, -0.1) is 0 Å². The highest BCUT2D eigenvalue weighted by Gasteiger charge is 2.60. The summed E-state index contributed by atoms with van der Waals surface area (Å²) in [6.45, 7) is 3.46. The molecule has 0 aromatic carbocycles. The summed E-state index contributed by atoms with van der Waals surface area (Å²) >= 11 is 2.91. The van der Waals surface area contributed by atoms with Crippen molar-refractivity contribution >= 4 is 51.3 Å². The molecular weight excluding hydrogens is 490 g/mol. The van der Waals surface area contributed by atoms with Crippen molar-refractivity contribution in [3.63, 3.8) is 0 Å². The summed E-state index contributed by atoms with van der Waals surface area (Å²) in [5.74, 6) is -2.31. The summed E-state index contributed by atoms with van der Waals surface area (Å²) in [5.41, 5.74) is 6.89. The highest BCUT2D eigenvalue weighted by Crippen LogP contribution is 2.51. The van der Waals surface area contributed by atoms with Crippen molar-refractivity contribution in [2.75, 3.05) is 0 Å². The Hall–Kier alpha value is -3.22. The molecule has 2 amide bonds. The van der Waals surface area contributed by atoms with Crippen molar-refractivity contribution in [3.8, 4) is 0 Å². The summed E-state index contributed by atoms with van der Waals surface area (Å²) in [7, 11) is 0. The van der Waals surface area contributed by atoms with E-state index in [1.807, 2.05) is 35.7 Å². The molecule has 0 spiro atoms. The second-order valence-corrected chi connectivity index (χ2v) is 10.7. The van der Waals surface area contributed by atoms with Crippen molar-refractivity contribution in [1.82, 2.24) is 14.3 Å². The minimum absolute atomic E-state index is 0.00812. The van der Waals surface area contributed by atoms with Gasteiger partial charge in [-0.2, -0.15) is 4.40 Å². The van der Waals surface area contributed by atoms with Gasteiger partial charge in [-0.1, -0.05) is 36.1 Å². The molecule has 2 aliphatic heterocycles. The second-order valence-electron chi connectivity index (χ2n) is 8.75. The number of amides is 2. The smallest absolute Gasteiger partial charge is 0.352 e. The van der Waals surface area contributed by atoms with Crippen molar-refractivity contribution in [3.05, 3.63) is 53.2 Å². The number of thiazole rings is 1. The number of nitrogens with zero attached hydrogens (tertiary/aromatic N) is 4. The molecule has 182 valence electrons. The van der Waals surface area contributed by atoms with Crippen molar-refractivity contribution in [2.45, 2.75) is 43.3 Å². The zero-order valence-electron chi connectivity index (χ0n) is 19.0. The van der Waals surface area contributed by atoms with E-state index in [0.29, 0.717) is 11.3 Å². The number of aliphatic carboxylic acids is 1. The number of hydrogen-bond acceptors (Lipinski definition) is 7. The number of aromatic nitrogens is 3. The van der Waals surface area contributed by atoms with E-state index >= 15 is 0 Å². The maximum atomic E-state index is 12.7. The van der Waals surface area contributed by atoms with Crippen LogP contribution < -0.4 is 10.3 Å². The SMILES string of the molecule is C[C@@H](O)[C@H]1C(=O)N2C(C(=O)O)=C(c3cn4c[n+](CC(N)=O)c(SCc5ccccn5)c4s3)[C@H](C)[C@H]12. The van der Waals surface area contributed by atoms with E-state index in [2.05, 4.69) is 4.98 Å². The summed E-state index contributed by atoms with van der Waals surface area (Å²) in [4.78, 5) is 43.8. The Morgan fingerprint density at radius 3 is 2.77 bits per heavy atom. The summed E-state index contributed by atoms with van der Waals surface area (Å²) in [6, 6.07) is 5.28. The number of aliphatic hydroxyl groups is 1. The lowest BCUT2D eigenvalue weighted by atomic mass is 9.77. The first-order valence-corrected chi connectivity index (χ1v) is 12.8. The number of rotatable bonds is 8. The highest BCUT2D eigenvalue weighted by molar-refractivity contribution is 7.98. The molecule has 0 unspecified atom stereocenters. The summed E-state index contributed by atoms with van der Waals surface area (Å²) in [6.07, 6.45) is 4.45. The molecule has 2 aliphatic rings. The zero-order chi connectivity index (χ0) is 25.0. The molecule has 3 aromatic heterocycles. The van der Waals surface area contributed by atoms with Crippen LogP contribution in [-0.4, -0.2) is 54.4 Å². The van der Waals surface area contributed by atoms with Gasteiger partial charge >= 0.3 is 5.97 Å². The Labute approximate surface area is 208 Å². The van der Waals surface area contributed by atoms with Crippen LogP contribution in [0.5, 0.6) is 0 Å². The predicted molar refractivity (Wildman–Crippen MR) is 128 cm³/mol. The molecule has 0 radical (unpaired) electrons. The van der Waals surface area contributed by atoms with E-state index in [1.165, 1.54) is 28.0 Å². The normalized spacial score (nSPS) is 22.4. The standard InChI is InChI=1S/C23H23N5O5S2/c1-11-16(19(23(32)33)28-18(11)17(12(2)29)20(28)31)14-7-26-10-27(8-15(24)30)21(22(26)35-14)34-9-13-5-3-4-6-25-13/h3-7,10-12,17-18,29H,8-9H2,1-2H3,(H2-,24,30,32,33)/p+1/t11-,12+,17+,18+/m0/s1. The molecule has 4 atom stereocenters. The van der Waals surface area contributed by atoms with Crippen LogP contribution in [0.2, 0.25) is 0 Å². The van der Waals surface area contributed by atoms with Gasteiger partial charge in [0.25, 0.3) is 12.2 Å².